The van der Waals surface area contributed by atoms with Gasteiger partial charge in [0, 0.05) is 12.1 Å². The van der Waals surface area contributed by atoms with Gasteiger partial charge in [0.05, 0.1) is 19.6 Å². The van der Waals surface area contributed by atoms with Gasteiger partial charge in [-0.15, -0.1) is 0 Å². The smallest absolute Gasteiger partial charge is 0.249 e. The minimum Gasteiger partial charge on any atom is -0.497 e. The lowest BCUT2D eigenvalue weighted by Gasteiger charge is -2.27. The molecule has 2 fully saturated rings. The van der Waals surface area contributed by atoms with Gasteiger partial charge >= 0.3 is 0 Å². The lowest BCUT2D eigenvalue weighted by molar-refractivity contribution is -0.135. The topological polar surface area (TPSA) is 77.7 Å². The Kier molecular flexibility index (Phi) is 4.88. The largest absolute Gasteiger partial charge is 0.497 e. The number of benzene rings is 2. The quantitative estimate of drug-likeness (QED) is 0.597. The Morgan fingerprint density at radius 3 is 2.29 bits per heavy atom. The number of aromatic nitrogens is 2. The summed E-state index contributed by atoms with van der Waals surface area (Å²) in [5, 5.41) is 4.16. The van der Waals surface area contributed by atoms with E-state index in [1.54, 1.807) is 14.2 Å². The van der Waals surface area contributed by atoms with Crippen molar-refractivity contribution < 1.29 is 18.8 Å². The van der Waals surface area contributed by atoms with Crippen molar-refractivity contribution in [2.45, 2.75) is 37.1 Å². The molecule has 1 aliphatic carbocycles. The average molecular weight is 419 g/mol. The van der Waals surface area contributed by atoms with Crippen LogP contribution in [0.5, 0.6) is 11.5 Å². The maximum Gasteiger partial charge on any atom is 0.249 e. The number of methoxy groups -OCH3 is 2. The van der Waals surface area contributed by atoms with E-state index in [0.29, 0.717) is 18.3 Å². The number of likely N-dealkylation sites (tertiary alicyclic amines) is 1. The van der Waals surface area contributed by atoms with Gasteiger partial charge < -0.3 is 18.9 Å². The molecule has 7 heteroatoms. The first-order valence-corrected chi connectivity index (χ1v) is 10.6. The summed E-state index contributed by atoms with van der Waals surface area (Å²) in [5.41, 5.74) is 1.46. The first-order chi connectivity index (χ1) is 15.1. The Labute approximate surface area is 181 Å². The predicted octanol–water partition coefficient (Wildman–Crippen LogP) is 4.15. The van der Waals surface area contributed by atoms with Crippen LogP contribution in [-0.2, 0) is 10.2 Å². The molecule has 0 unspecified atom stereocenters. The molecule has 2 aromatic carbocycles. The first-order valence-electron chi connectivity index (χ1n) is 10.6. The van der Waals surface area contributed by atoms with Crippen molar-refractivity contribution in [2.75, 3.05) is 20.8 Å². The molecule has 2 heterocycles. The zero-order valence-electron chi connectivity index (χ0n) is 17.7. The van der Waals surface area contributed by atoms with E-state index in [4.69, 9.17) is 14.0 Å². The van der Waals surface area contributed by atoms with Crippen molar-refractivity contribution in [3.8, 4) is 22.9 Å². The summed E-state index contributed by atoms with van der Waals surface area (Å²) in [6, 6.07) is 15.2. The summed E-state index contributed by atoms with van der Waals surface area (Å²) in [6.45, 7) is 0.710. The molecule has 31 heavy (non-hydrogen) atoms. The summed E-state index contributed by atoms with van der Waals surface area (Å²) in [6.07, 6.45) is 3.48. The van der Waals surface area contributed by atoms with Crippen LogP contribution < -0.4 is 9.47 Å². The highest BCUT2D eigenvalue weighted by Gasteiger charge is 2.55. The molecular formula is C24H25N3O4. The van der Waals surface area contributed by atoms with Crippen LogP contribution in [0.3, 0.4) is 0 Å². The molecule has 1 amide bonds. The summed E-state index contributed by atoms with van der Waals surface area (Å²) < 4.78 is 16.1. The fourth-order valence-corrected chi connectivity index (χ4v) is 4.43. The van der Waals surface area contributed by atoms with Crippen molar-refractivity contribution in [1.82, 2.24) is 15.0 Å². The Bertz CT molecular complexity index is 1070. The zero-order valence-corrected chi connectivity index (χ0v) is 17.7. The van der Waals surface area contributed by atoms with Gasteiger partial charge in [-0.05, 0) is 67.6 Å². The molecule has 1 atom stereocenters. The maximum absolute atomic E-state index is 13.6. The van der Waals surface area contributed by atoms with E-state index < -0.39 is 5.41 Å². The van der Waals surface area contributed by atoms with E-state index in [0.717, 1.165) is 48.3 Å². The predicted molar refractivity (Wildman–Crippen MR) is 114 cm³/mol. The fraction of sp³-hybridized carbons (Fsp3) is 0.375. The second-order valence-corrected chi connectivity index (χ2v) is 8.15. The van der Waals surface area contributed by atoms with Gasteiger partial charge in [0.2, 0.25) is 17.6 Å². The summed E-state index contributed by atoms with van der Waals surface area (Å²) >= 11 is 0. The van der Waals surface area contributed by atoms with Crippen LogP contribution in [0.15, 0.2) is 53.1 Å². The first kappa shape index (κ1) is 19.6. The number of hydrogen-bond donors (Lipinski definition) is 0. The molecule has 7 nitrogen and oxygen atoms in total. The number of hydrogen-bond acceptors (Lipinski definition) is 6. The van der Waals surface area contributed by atoms with Crippen molar-refractivity contribution in [1.29, 1.82) is 0 Å². The van der Waals surface area contributed by atoms with Gasteiger partial charge in [-0.3, -0.25) is 4.79 Å². The van der Waals surface area contributed by atoms with Crippen molar-refractivity contribution in [3.63, 3.8) is 0 Å². The number of amides is 1. The number of ether oxygens (including phenoxy) is 2. The third-order valence-electron chi connectivity index (χ3n) is 6.39. The summed E-state index contributed by atoms with van der Waals surface area (Å²) in [5.74, 6) is 2.75. The van der Waals surface area contributed by atoms with Crippen LogP contribution in [0.1, 0.15) is 43.2 Å². The van der Waals surface area contributed by atoms with Crippen molar-refractivity contribution in [2.24, 2.45) is 0 Å². The Morgan fingerprint density at radius 2 is 1.68 bits per heavy atom. The van der Waals surface area contributed by atoms with Crippen LogP contribution in [0.4, 0.5) is 0 Å². The molecule has 160 valence electrons. The number of carbonyl (C=O) groups is 1. The third kappa shape index (κ3) is 3.44. The summed E-state index contributed by atoms with van der Waals surface area (Å²) in [4.78, 5) is 20.2. The Hall–Kier alpha value is -3.35. The van der Waals surface area contributed by atoms with Crippen LogP contribution in [0.2, 0.25) is 0 Å². The van der Waals surface area contributed by atoms with E-state index in [2.05, 4.69) is 10.1 Å². The zero-order chi connectivity index (χ0) is 21.4. The minimum absolute atomic E-state index is 0.157. The van der Waals surface area contributed by atoms with Gasteiger partial charge in [-0.25, -0.2) is 0 Å². The molecule has 0 radical (unpaired) electrons. The van der Waals surface area contributed by atoms with E-state index in [1.807, 2.05) is 53.4 Å². The van der Waals surface area contributed by atoms with E-state index >= 15 is 0 Å². The monoisotopic (exact) mass is 419 g/mol. The van der Waals surface area contributed by atoms with E-state index in [1.165, 1.54) is 0 Å². The van der Waals surface area contributed by atoms with Gasteiger partial charge in [-0.2, -0.15) is 4.98 Å². The SMILES string of the molecule is COc1ccc(-c2noc([C@H]3CCCN3C(=O)C3(c4ccc(OC)cc4)CC3)n2)cc1. The highest BCUT2D eigenvalue weighted by molar-refractivity contribution is 5.91. The normalized spacial score (nSPS) is 19.3. The minimum atomic E-state index is -0.437. The summed E-state index contributed by atoms with van der Waals surface area (Å²) in [7, 11) is 3.28. The van der Waals surface area contributed by atoms with E-state index in [9.17, 15) is 4.79 Å². The Balaban J connectivity index is 1.37. The Morgan fingerprint density at radius 1 is 1.03 bits per heavy atom. The van der Waals surface area contributed by atoms with Gasteiger partial charge in [-0.1, -0.05) is 17.3 Å². The lowest BCUT2D eigenvalue weighted by Crippen LogP contribution is -2.39. The van der Waals surface area contributed by atoms with Gasteiger partial charge in [0.1, 0.15) is 17.5 Å². The average Bonchev–Trinajstić information content (AvgIpc) is 3.24. The fourth-order valence-electron chi connectivity index (χ4n) is 4.43. The molecule has 0 spiro atoms. The second-order valence-electron chi connectivity index (χ2n) is 8.15. The standard InChI is InChI=1S/C24H25N3O4/c1-29-18-9-5-16(6-10-18)21-25-22(31-26-21)20-4-3-15-27(20)23(28)24(13-14-24)17-7-11-19(30-2)12-8-17/h5-12,20H,3-4,13-15H2,1-2H3/t20-/m1/s1. The molecule has 1 saturated carbocycles. The van der Waals surface area contributed by atoms with Crippen molar-refractivity contribution in [3.05, 3.63) is 60.0 Å². The maximum atomic E-state index is 13.6. The second kappa shape index (κ2) is 7.72. The molecule has 1 aromatic heterocycles. The molecule has 1 saturated heterocycles. The highest BCUT2D eigenvalue weighted by atomic mass is 16.5. The van der Waals surface area contributed by atoms with E-state index in [-0.39, 0.29) is 11.9 Å². The molecule has 0 N–H and O–H groups in total. The molecule has 5 rings (SSSR count). The van der Waals surface area contributed by atoms with Gasteiger partial charge in [0.25, 0.3) is 0 Å². The number of carbonyl (C=O) groups excluding carboxylic acids is 1. The number of rotatable bonds is 6. The van der Waals surface area contributed by atoms with Crippen LogP contribution in [0, 0.1) is 0 Å². The third-order valence-corrected chi connectivity index (χ3v) is 6.39. The van der Waals surface area contributed by atoms with Crippen LogP contribution in [-0.4, -0.2) is 41.7 Å². The molecule has 2 aliphatic rings. The van der Waals surface area contributed by atoms with Crippen molar-refractivity contribution >= 4 is 5.91 Å². The molecule has 3 aromatic rings. The van der Waals surface area contributed by atoms with Crippen LogP contribution >= 0.6 is 0 Å². The lowest BCUT2D eigenvalue weighted by atomic mass is 9.94. The number of nitrogens with zero attached hydrogens (tertiary/aromatic N) is 3. The molecular weight excluding hydrogens is 394 g/mol. The molecule has 0 bridgehead atoms. The highest BCUT2D eigenvalue weighted by Crippen LogP contribution is 2.51. The molecule has 1 aliphatic heterocycles. The van der Waals surface area contributed by atoms with Crippen LogP contribution in [0.25, 0.3) is 11.4 Å². The van der Waals surface area contributed by atoms with Gasteiger partial charge in [0.15, 0.2) is 0 Å².